The summed E-state index contributed by atoms with van der Waals surface area (Å²) in [6.07, 6.45) is 0.242. The third-order valence-corrected chi connectivity index (χ3v) is 4.80. The van der Waals surface area contributed by atoms with Gasteiger partial charge in [0.1, 0.15) is 17.7 Å². The summed E-state index contributed by atoms with van der Waals surface area (Å²) in [7, 11) is 0. The highest BCUT2D eigenvalue weighted by molar-refractivity contribution is 5.93. The van der Waals surface area contributed by atoms with Gasteiger partial charge in [-0.1, -0.05) is 19.1 Å². The van der Waals surface area contributed by atoms with Crippen molar-refractivity contribution in [2.75, 3.05) is 5.32 Å². The summed E-state index contributed by atoms with van der Waals surface area (Å²) in [6, 6.07) is 10.5. The molecule has 0 radical (unpaired) electrons. The Morgan fingerprint density at radius 3 is 2.52 bits per heavy atom. The fourth-order valence-corrected chi connectivity index (χ4v) is 2.98. The Bertz CT molecular complexity index is 1130. The van der Waals surface area contributed by atoms with E-state index in [4.69, 9.17) is 0 Å². The van der Waals surface area contributed by atoms with Crippen molar-refractivity contribution in [3.63, 3.8) is 0 Å². The lowest BCUT2D eigenvalue weighted by atomic mass is 10.0. The van der Waals surface area contributed by atoms with Crippen LogP contribution in [0.3, 0.4) is 0 Å². The zero-order chi connectivity index (χ0) is 21.1. The van der Waals surface area contributed by atoms with Gasteiger partial charge < -0.3 is 5.32 Å². The van der Waals surface area contributed by atoms with Gasteiger partial charge in [-0.25, -0.2) is 13.5 Å². The molecule has 0 spiro atoms. The highest BCUT2D eigenvalue weighted by atomic mass is 19.1. The maximum Gasteiger partial charge on any atom is 0.267 e. The number of carbonyl (C=O) groups is 1. The van der Waals surface area contributed by atoms with Crippen LogP contribution in [0, 0.1) is 25.5 Å². The first-order valence-electron chi connectivity index (χ1n) is 9.23. The predicted molar refractivity (Wildman–Crippen MR) is 108 cm³/mol. The Morgan fingerprint density at radius 2 is 1.83 bits per heavy atom. The van der Waals surface area contributed by atoms with Crippen molar-refractivity contribution in [2.24, 2.45) is 0 Å². The van der Waals surface area contributed by atoms with Crippen molar-refractivity contribution in [3.05, 3.63) is 81.6 Å². The minimum atomic E-state index is -0.975. The average Bonchev–Trinajstić information content (AvgIpc) is 2.69. The fourth-order valence-electron chi connectivity index (χ4n) is 2.98. The zero-order valence-corrected chi connectivity index (χ0v) is 16.4. The zero-order valence-electron chi connectivity index (χ0n) is 16.4. The molecule has 0 aliphatic rings. The van der Waals surface area contributed by atoms with Crippen LogP contribution >= 0.6 is 0 Å². The van der Waals surface area contributed by atoms with E-state index in [0.717, 1.165) is 39.6 Å². The average molecular weight is 397 g/mol. The van der Waals surface area contributed by atoms with Gasteiger partial charge >= 0.3 is 0 Å². The summed E-state index contributed by atoms with van der Waals surface area (Å²) in [4.78, 5) is 25.1. The molecule has 150 valence electrons. The van der Waals surface area contributed by atoms with Crippen LogP contribution in [0.1, 0.15) is 30.5 Å². The normalized spacial score (nSPS) is 11.9. The van der Waals surface area contributed by atoms with Gasteiger partial charge in [0, 0.05) is 17.7 Å². The molecule has 1 amide bonds. The number of rotatable bonds is 5. The molecular weight excluding hydrogens is 376 g/mol. The third-order valence-electron chi connectivity index (χ3n) is 4.80. The van der Waals surface area contributed by atoms with Crippen molar-refractivity contribution in [1.82, 2.24) is 9.78 Å². The van der Waals surface area contributed by atoms with Crippen molar-refractivity contribution in [1.29, 1.82) is 0 Å². The number of hydrogen-bond donors (Lipinski definition) is 1. The Morgan fingerprint density at radius 1 is 1.07 bits per heavy atom. The molecule has 1 N–H and O–H groups in total. The van der Waals surface area contributed by atoms with Crippen LogP contribution in [0.15, 0.2) is 53.3 Å². The lowest BCUT2D eigenvalue weighted by Gasteiger charge is -2.18. The van der Waals surface area contributed by atoms with E-state index < -0.39 is 29.1 Å². The number of anilines is 1. The molecule has 29 heavy (non-hydrogen) atoms. The summed E-state index contributed by atoms with van der Waals surface area (Å²) in [5, 5.41) is 6.71. The van der Waals surface area contributed by atoms with Crippen LogP contribution in [0.25, 0.3) is 11.3 Å². The Hall–Kier alpha value is -3.35. The number of amides is 1. The Kier molecular flexibility index (Phi) is 5.87. The summed E-state index contributed by atoms with van der Waals surface area (Å²) in [5.74, 6) is -2.09. The Labute approximate surface area is 167 Å². The fraction of sp³-hybridized carbons (Fsp3) is 0.227. The van der Waals surface area contributed by atoms with Gasteiger partial charge in [0.05, 0.1) is 11.4 Å². The van der Waals surface area contributed by atoms with Crippen LogP contribution in [0.4, 0.5) is 14.5 Å². The molecule has 5 nitrogen and oxygen atoms in total. The number of halogens is 2. The van der Waals surface area contributed by atoms with Gasteiger partial charge in [-0.05, 0) is 55.7 Å². The van der Waals surface area contributed by atoms with E-state index in [9.17, 15) is 18.4 Å². The van der Waals surface area contributed by atoms with Gasteiger partial charge in [-0.15, -0.1) is 0 Å². The largest absolute Gasteiger partial charge is 0.322 e. The van der Waals surface area contributed by atoms with E-state index in [1.807, 2.05) is 32.0 Å². The molecule has 3 aromatic rings. The second kappa shape index (κ2) is 8.34. The second-order valence-corrected chi connectivity index (χ2v) is 6.84. The van der Waals surface area contributed by atoms with E-state index in [0.29, 0.717) is 5.69 Å². The van der Waals surface area contributed by atoms with Crippen molar-refractivity contribution in [2.45, 2.75) is 33.2 Å². The number of benzene rings is 2. The molecule has 1 aromatic heterocycles. The van der Waals surface area contributed by atoms with Crippen LogP contribution in [0.5, 0.6) is 0 Å². The van der Waals surface area contributed by atoms with E-state index in [1.165, 1.54) is 6.07 Å². The minimum absolute atomic E-state index is 0.242. The summed E-state index contributed by atoms with van der Waals surface area (Å²) >= 11 is 0. The van der Waals surface area contributed by atoms with Crippen molar-refractivity contribution in [3.8, 4) is 11.3 Å². The van der Waals surface area contributed by atoms with Crippen LogP contribution in [-0.4, -0.2) is 15.7 Å². The van der Waals surface area contributed by atoms with Crippen molar-refractivity contribution >= 4 is 11.6 Å². The van der Waals surface area contributed by atoms with Crippen LogP contribution in [-0.2, 0) is 4.79 Å². The molecule has 0 saturated heterocycles. The lowest BCUT2D eigenvalue weighted by Crippen LogP contribution is -2.34. The number of nitrogens with zero attached hydrogens (tertiary/aromatic N) is 2. The molecule has 1 atom stereocenters. The molecule has 0 unspecified atom stereocenters. The first-order valence-corrected chi connectivity index (χ1v) is 9.23. The maximum absolute atomic E-state index is 13.9. The minimum Gasteiger partial charge on any atom is -0.322 e. The van der Waals surface area contributed by atoms with E-state index in [-0.39, 0.29) is 12.1 Å². The third kappa shape index (κ3) is 4.39. The topological polar surface area (TPSA) is 64.0 Å². The number of aryl methyl sites for hydroxylation is 2. The highest BCUT2D eigenvalue weighted by Gasteiger charge is 2.22. The maximum atomic E-state index is 13.9. The summed E-state index contributed by atoms with van der Waals surface area (Å²) in [6.45, 7) is 5.68. The SMILES string of the molecule is CC[C@@H](C(=O)Nc1cc(F)ccc1F)n1nc(-c2ccc(C)c(C)c2)ccc1=O. The van der Waals surface area contributed by atoms with Gasteiger partial charge in [-0.2, -0.15) is 5.10 Å². The number of hydrogen-bond acceptors (Lipinski definition) is 3. The van der Waals surface area contributed by atoms with Gasteiger partial charge in [0.15, 0.2) is 0 Å². The van der Waals surface area contributed by atoms with E-state index in [1.54, 1.807) is 13.0 Å². The highest BCUT2D eigenvalue weighted by Crippen LogP contribution is 2.21. The number of carbonyl (C=O) groups excluding carboxylic acids is 1. The number of nitrogens with one attached hydrogen (secondary N) is 1. The van der Waals surface area contributed by atoms with Gasteiger partial charge in [0.25, 0.3) is 5.56 Å². The quantitative estimate of drug-likeness (QED) is 0.694. The molecule has 1 heterocycles. The Balaban J connectivity index is 1.96. The lowest BCUT2D eigenvalue weighted by molar-refractivity contribution is -0.119. The molecule has 7 heteroatoms. The molecule has 0 aliphatic carbocycles. The molecule has 0 bridgehead atoms. The van der Waals surface area contributed by atoms with E-state index >= 15 is 0 Å². The number of aromatic nitrogens is 2. The first kappa shape index (κ1) is 20.4. The second-order valence-electron chi connectivity index (χ2n) is 6.84. The molecule has 2 aromatic carbocycles. The first-order chi connectivity index (χ1) is 13.8. The van der Waals surface area contributed by atoms with Gasteiger partial charge in [0.2, 0.25) is 5.91 Å². The monoisotopic (exact) mass is 397 g/mol. The summed E-state index contributed by atoms with van der Waals surface area (Å²) < 4.78 is 28.3. The molecular formula is C22H21F2N3O2. The predicted octanol–water partition coefficient (Wildman–Crippen LogP) is 4.40. The molecule has 3 rings (SSSR count). The van der Waals surface area contributed by atoms with E-state index in [2.05, 4.69) is 10.4 Å². The smallest absolute Gasteiger partial charge is 0.267 e. The summed E-state index contributed by atoms with van der Waals surface area (Å²) in [5.41, 5.74) is 2.81. The van der Waals surface area contributed by atoms with Crippen LogP contribution in [0.2, 0.25) is 0 Å². The van der Waals surface area contributed by atoms with Gasteiger partial charge in [-0.3, -0.25) is 9.59 Å². The molecule has 0 saturated carbocycles. The molecule has 0 aliphatic heterocycles. The standard InChI is InChI=1S/C22H21F2N3O2/c1-4-20(22(29)25-19-12-16(23)7-8-17(19)24)27-21(28)10-9-18(26-27)15-6-5-13(2)14(3)11-15/h5-12,20H,4H2,1-3H3,(H,25,29)/t20-/m0/s1. The molecule has 0 fully saturated rings. The van der Waals surface area contributed by atoms with Crippen LogP contribution < -0.4 is 10.9 Å². The van der Waals surface area contributed by atoms with Crippen molar-refractivity contribution < 1.29 is 13.6 Å².